The second-order valence-corrected chi connectivity index (χ2v) is 5.72. The van der Waals surface area contributed by atoms with Gasteiger partial charge in [0.05, 0.1) is 13.1 Å². The van der Waals surface area contributed by atoms with Crippen molar-refractivity contribution in [3.63, 3.8) is 0 Å². The van der Waals surface area contributed by atoms with Crippen molar-refractivity contribution >= 4 is 30.1 Å². The molecule has 3 amide bonds. The molecule has 1 aromatic carbocycles. The molecule has 10 heteroatoms. The predicted molar refractivity (Wildman–Crippen MR) is 94.4 cm³/mol. The van der Waals surface area contributed by atoms with Crippen LogP contribution in [0.3, 0.4) is 0 Å². The second kappa shape index (κ2) is 8.72. The first-order chi connectivity index (χ1) is 12.1. The highest BCUT2D eigenvalue weighted by atomic mass is 35.5. The third kappa shape index (κ3) is 4.36. The Bertz CT molecular complexity index is 691. The lowest BCUT2D eigenvalue weighted by molar-refractivity contribution is -0.133. The van der Waals surface area contributed by atoms with Gasteiger partial charge in [0.15, 0.2) is 11.5 Å². The zero-order valence-corrected chi connectivity index (χ0v) is 14.9. The standard InChI is InChI=1S/C16H20N4O5.ClH/c17-8-14(21)18-9-15(22)19-3-5-20(6-4-19)16(23)11-1-2-12-13(7-11)25-10-24-12;/h1-2,7H,3-6,8-10,17H2,(H,18,21);1H. The van der Waals surface area contributed by atoms with E-state index >= 15 is 0 Å². The van der Waals surface area contributed by atoms with Gasteiger partial charge in [-0.3, -0.25) is 14.4 Å². The maximum Gasteiger partial charge on any atom is 0.254 e. The van der Waals surface area contributed by atoms with Crippen molar-refractivity contribution in [3.8, 4) is 11.5 Å². The minimum Gasteiger partial charge on any atom is -0.454 e. The number of benzene rings is 1. The SMILES string of the molecule is Cl.NCC(=O)NCC(=O)N1CCN(C(=O)c2ccc3c(c2)OCO3)CC1. The van der Waals surface area contributed by atoms with Crippen molar-refractivity contribution in [2.24, 2.45) is 5.73 Å². The van der Waals surface area contributed by atoms with E-state index in [1.165, 1.54) is 0 Å². The summed E-state index contributed by atoms with van der Waals surface area (Å²) in [6.07, 6.45) is 0. The zero-order chi connectivity index (χ0) is 17.8. The Balaban J connectivity index is 0.00000243. The van der Waals surface area contributed by atoms with Crippen LogP contribution in [-0.4, -0.2) is 73.6 Å². The van der Waals surface area contributed by atoms with Crippen LogP contribution in [0.4, 0.5) is 0 Å². The average molecular weight is 385 g/mol. The van der Waals surface area contributed by atoms with Gasteiger partial charge >= 0.3 is 0 Å². The van der Waals surface area contributed by atoms with Crippen LogP contribution >= 0.6 is 12.4 Å². The zero-order valence-electron chi connectivity index (χ0n) is 14.1. The molecule has 2 aliphatic rings. The molecule has 142 valence electrons. The number of hydrogen-bond acceptors (Lipinski definition) is 6. The number of hydrogen-bond donors (Lipinski definition) is 2. The molecular weight excluding hydrogens is 364 g/mol. The summed E-state index contributed by atoms with van der Waals surface area (Å²) in [5, 5.41) is 2.45. The lowest BCUT2D eigenvalue weighted by atomic mass is 10.1. The predicted octanol–water partition coefficient (Wildman–Crippen LogP) is -0.804. The van der Waals surface area contributed by atoms with Crippen LogP contribution in [0.5, 0.6) is 11.5 Å². The summed E-state index contributed by atoms with van der Waals surface area (Å²) in [7, 11) is 0. The first kappa shape index (κ1) is 19.8. The largest absolute Gasteiger partial charge is 0.454 e. The highest BCUT2D eigenvalue weighted by Crippen LogP contribution is 2.32. The molecule has 3 N–H and O–H groups in total. The summed E-state index contributed by atoms with van der Waals surface area (Å²) >= 11 is 0. The Morgan fingerprint density at radius 3 is 2.38 bits per heavy atom. The number of nitrogens with zero attached hydrogens (tertiary/aromatic N) is 2. The summed E-state index contributed by atoms with van der Waals surface area (Å²) in [5.41, 5.74) is 5.71. The van der Waals surface area contributed by atoms with E-state index in [2.05, 4.69) is 5.32 Å². The fourth-order valence-electron chi connectivity index (χ4n) is 2.73. The van der Waals surface area contributed by atoms with Gasteiger partial charge in [-0.05, 0) is 18.2 Å². The summed E-state index contributed by atoms with van der Waals surface area (Å²) < 4.78 is 10.5. The topological polar surface area (TPSA) is 114 Å². The van der Waals surface area contributed by atoms with Crippen LogP contribution < -0.4 is 20.5 Å². The van der Waals surface area contributed by atoms with Crippen molar-refractivity contribution in [3.05, 3.63) is 23.8 Å². The fourth-order valence-corrected chi connectivity index (χ4v) is 2.73. The van der Waals surface area contributed by atoms with E-state index in [-0.39, 0.29) is 50.0 Å². The van der Waals surface area contributed by atoms with Gasteiger partial charge < -0.3 is 30.3 Å². The Kier molecular flexibility index (Phi) is 6.64. The highest BCUT2D eigenvalue weighted by Gasteiger charge is 2.26. The first-order valence-corrected chi connectivity index (χ1v) is 8.02. The normalized spacial score (nSPS) is 15.3. The second-order valence-electron chi connectivity index (χ2n) is 5.72. The third-order valence-corrected chi connectivity index (χ3v) is 4.16. The molecule has 1 fully saturated rings. The summed E-state index contributed by atoms with van der Waals surface area (Å²) in [4.78, 5) is 39.0. The Hall–Kier alpha value is -2.52. The molecule has 3 rings (SSSR count). The van der Waals surface area contributed by atoms with Gasteiger partial charge in [0.2, 0.25) is 18.6 Å². The minimum atomic E-state index is -0.370. The minimum absolute atomic E-state index is 0. The van der Waals surface area contributed by atoms with Crippen molar-refractivity contribution in [2.45, 2.75) is 0 Å². The molecule has 2 heterocycles. The Morgan fingerprint density at radius 1 is 1.04 bits per heavy atom. The summed E-state index contributed by atoms with van der Waals surface area (Å²) in [5.74, 6) is 0.533. The molecule has 9 nitrogen and oxygen atoms in total. The van der Waals surface area contributed by atoms with E-state index in [4.69, 9.17) is 15.2 Å². The number of fused-ring (bicyclic) bond motifs is 1. The van der Waals surface area contributed by atoms with Crippen LogP contribution in [-0.2, 0) is 9.59 Å². The maximum absolute atomic E-state index is 12.6. The molecule has 0 unspecified atom stereocenters. The fraction of sp³-hybridized carbons (Fsp3) is 0.438. The number of amides is 3. The Morgan fingerprint density at radius 2 is 1.69 bits per heavy atom. The van der Waals surface area contributed by atoms with Crippen molar-refractivity contribution in [2.75, 3.05) is 46.1 Å². The smallest absolute Gasteiger partial charge is 0.254 e. The van der Waals surface area contributed by atoms with E-state index in [1.807, 2.05) is 0 Å². The van der Waals surface area contributed by atoms with Crippen molar-refractivity contribution in [1.29, 1.82) is 0 Å². The lowest BCUT2D eigenvalue weighted by Crippen LogP contribution is -2.52. The maximum atomic E-state index is 12.6. The first-order valence-electron chi connectivity index (χ1n) is 8.02. The number of nitrogens with one attached hydrogen (secondary N) is 1. The number of carbonyl (C=O) groups is 3. The van der Waals surface area contributed by atoms with E-state index < -0.39 is 0 Å². The van der Waals surface area contributed by atoms with Gasteiger partial charge in [-0.1, -0.05) is 0 Å². The number of ether oxygens (including phenoxy) is 2. The van der Waals surface area contributed by atoms with Gasteiger partial charge in [-0.25, -0.2) is 0 Å². The number of rotatable bonds is 4. The number of halogens is 1. The van der Waals surface area contributed by atoms with Gasteiger partial charge in [-0.15, -0.1) is 12.4 Å². The van der Waals surface area contributed by atoms with Gasteiger partial charge in [-0.2, -0.15) is 0 Å². The average Bonchev–Trinajstić information content (AvgIpc) is 3.13. The van der Waals surface area contributed by atoms with Crippen LogP contribution in [0.1, 0.15) is 10.4 Å². The summed E-state index contributed by atoms with van der Waals surface area (Å²) in [6, 6.07) is 5.09. The van der Waals surface area contributed by atoms with E-state index in [1.54, 1.807) is 28.0 Å². The number of piperazine rings is 1. The molecule has 0 atom stereocenters. The molecule has 0 saturated carbocycles. The molecule has 26 heavy (non-hydrogen) atoms. The van der Waals surface area contributed by atoms with Gasteiger partial charge in [0.1, 0.15) is 0 Å². The van der Waals surface area contributed by atoms with Crippen LogP contribution in [0.2, 0.25) is 0 Å². The molecule has 1 saturated heterocycles. The van der Waals surface area contributed by atoms with Crippen LogP contribution in [0.15, 0.2) is 18.2 Å². The molecule has 0 aromatic heterocycles. The molecule has 0 aliphatic carbocycles. The van der Waals surface area contributed by atoms with E-state index in [0.717, 1.165) is 0 Å². The Labute approximate surface area is 156 Å². The molecule has 2 aliphatic heterocycles. The van der Waals surface area contributed by atoms with Gasteiger partial charge in [0, 0.05) is 31.7 Å². The molecular formula is C16H21ClN4O5. The van der Waals surface area contributed by atoms with Crippen LogP contribution in [0, 0.1) is 0 Å². The molecule has 0 bridgehead atoms. The third-order valence-electron chi connectivity index (χ3n) is 4.16. The van der Waals surface area contributed by atoms with Crippen LogP contribution in [0.25, 0.3) is 0 Å². The lowest BCUT2D eigenvalue weighted by Gasteiger charge is -2.34. The monoisotopic (exact) mass is 384 g/mol. The van der Waals surface area contributed by atoms with Crippen molar-refractivity contribution < 1.29 is 23.9 Å². The molecule has 0 spiro atoms. The number of nitrogens with two attached hydrogens (primary N) is 1. The van der Waals surface area contributed by atoms with E-state index in [0.29, 0.717) is 43.2 Å². The molecule has 1 aromatic rings. The van der Waals surface area contributed by atoms with Crippen molar-refractivity contribution in [1.82, 2.24) is 15.1 Å². The quantitative estimate of drug-likeness (QED) is 0.702. The van der Waals surface area contributed by atoms with Gasteiger partial charge in [0.25, 0.3) is 5.91 Å². The number of carbonyl (C=O) groups excluding carboxylic acids is 3. The van der Waals surface area contributed by atoms with E-state index in [9.17, 15) is 14.4 Å². The molecule has 0 radical (unpaired) electrons. The highest BCUT2D eigenvalue weighted by molar-refractivity contribution is 5.95. The summed E-state index contributed by atoms with van der Waals surface area (Å²) in [6.45, 7) is 1.65.